The molecule has 3 heterocycles. The number of nitrogens with one attached hydrogen (secondary N) is 1. The molecule has 28 heavy (non-hydrogen) atoms. The van der Waals surface area contributed by atoms with E-state index in [1.165, 1.54) is 11.0 Å². The molecule has 0 spiro atoms. The third-order valence-corrected chi connectivity index (χ3v) is 5.89. The van der Waals surface area contributed by atoms with Gasteiger partial charge in [-0.3, -0.25) is 4.79 Å². The smallest absolute Gasteiger partial charge is 0.260 e. The van der Waals surface area contributed by atoms with Gasteiger partial charge >= 0.3 is 0 Å². The zero-order chi connectivity index (χ0) is 19.7. The molecule has 0 radical (unpaired) electrons. The number of rotatable bonds is 4. The van der Waals surface area contributed by atoms with Crippen LogP contribution in [0.5, 0.6) is 0 Å². The van der Waals surface area contributed by atoms with Gasteiger partial charge in [-0.2, -0.15) is 10.1 Å². The van der Waals surface area contributed by atoms with E-state index in [2.05, 4.69) is 15.4 Å². The average molecular weight is 389 g/mol. The Morgan fingerprint density at radius 2 is 2.11 bits per heavy atom. The number of hydrogen-bond acceptors (Lipinski definition) is 4. The number of alkyl halides is 2. The number of anilines is 1. The number of carbonyl (C=O) groups is 1. The van der Waals surface area contributed by atoms with Gasteiger partial charge in [0.05, 0.1) is 6.42 Å². The zero-order valence-electron chi connectivity index (χ0n) is 15.9. The molecular formula is C20H25F2N5O. The molecule has 1 amide bonds. The van der Waals surface area contributed by atoms with Gasteiger partial charge < -0.3 is 10.2 Å². The number of halogens is 2. The molecule has 2 atom stereocenters. The van der Waals surface area contributed by atoms with E-state index in [0.29, 0.717) is 31.9 Å². The number of piperidine rings is 1. The Balaban J connectivity index is 1.35. The number of nitrogens with zero attached hydrogens (tertiary/aromatic N) is 4. The molecule has 2 aliphatic heterocycles. The maximum Gasteiger partial charge on any atom is 0.260 e. The SMILES string of the molecule is Cc1cccc(CC(=O)N2CCC([C@@H]3C[C@H](C(F)F)n4ncnc4N3)CC2)c1. The average Bonchev–Trinajstić information content (AvgIpc) is 3.16. The Bertz CT molecular complexity index is 832. The largest absolute Gasteiger partial charge is 0.351 e. The van der Waals surface area contributed by atoms with Crippen LogP contribution in [-0.4, -0.2) is 51.1 Å². The minimum absolute atomic E-state index is 0.0651. The maximum atomic E-state index is 13.5. The summed E-state index contributed by atoms with van der Waals surface area (Å²) < 4.78 is 28.2. The lowest BCUT2D eigenvalue weighted by atomic mass is 9.85. The van der Waals surface area contributed by atoms with E-state index < -0.39 is 12.5 Å². The standard InChI is InChI=1S/C20H25F2N5O/c1-13-3-2-4-14(9-13)10-18(28)26-7-5-15(6-8-26)16-11-17(19(21)22)27-20(25-16)23-12-24-27/h2-4,9,12,15-17,19H,5-8,10-11H2,1H3,(H,23,24,25)/t16-,17+/m0/s1. The van der Waals surface area contributed by atoms with Crippen LogP contribution in [0.1, 0.15) is 36.4 Å². The predicted molar refractivity (Wildman–Crippen MR) is 101 cm³/mol. The summed E-state index contributed by atoms with van der Waals surface area (Å²) in [5, 5.41) is 7.20. The summed E-state index contributed by atoms with van der Waals surface area (Å²) in [5.41, 5.74) is 2.17. The van der Waals surface area contributed by atoms with Crippen LogP contribution in [0.25, 0.3) is 0 Å². The fraction of sp³-hybridized carbons (Fsp3) is 0.550. The van der Waals surface area contributed by atoms with Crippen molar-refractivity contribution < 1.29 is 13.6 Å². The van der Waals surface area contributed by atoms with Gasteiger partial charge in [0.15, 0.2) is 0 Å². The summed E-state index contributed by atoms with van der Waals surface area (Å²) in [6, 6.07) is 7.00. The molecule has 8 heteroatoms. The van der Waals surface area contributed by atoms with E-state index in [1.54, 1.807) is 0 Å². The van der Waals surface area contributed by atoms with Gasteiger partial charge in [0.1, 0.15) is 12.4 Å². The molecule has 4 rings (SSSR count). The van der Waals surface area contributed by atoms with E-state index in [4.69, 9.17) is 0 Å². The van der Waals surface area contributed by atoms with Crippen molar-refractivity contribution in [1.82, 2.24) is 19.7 Å². The minimum atomic E-state index is -2.47. The van der Waals surface area contributed by atoms with Gasteiger partial charge in [0.25, 0.3) is 6.43 Å². The van der Waals surface area contributed by atoms with Crippen LogP contribution < -0.4 is 5.32 Å². The Labute approximate surface area is 162 Å². The molecule has 150 valence electrons. The molecule has 0 unspecified atom stereocenters. The number of fused-ring (bicyclic) bond motifs is 1. The maximum absolute atomic E-state index is 13.5. The second-order valence-corrected chi connectivity index (χ2v) is 7.80. The zero-order valence-corrected chi connectivity index (χ0v) is 15.9. The lowest BCUT2D eigenvalue weighted by Crippen LogP contribution is -2.46. The second-order valence-electron chi connectivity index (χ2n) is 7.80. The van der Waals surface area contributed by atoms with E-state index in [0.717, 1.165) is 24.0 Å². The van der Waals surface area contributed by atoms with Crippen LogP contribution in [-0.2, 0) is 11.2 Å². The second kappa shape index (κ2) is 7.85. The molecule has 2 aromatic rings. The third-order valence-electron chi connectivity index (χ3n) is 5.89. The molecule has 0 saturated carbocycles. The highest BCUT2D eigenvalue weighted by molar-refractivity contribution is 5.78. The molecule has 1 N–H and O–H groups in total. The Hall–Kier alpha value is -2.51. The number of aromatic nitrogens is 3. The van der Waals surface area contributed by atoms with Gasteiger partial charge in [-0.1, -0.05) is 29.8 Å². The van der Waals surface area contributed by atoms with E-state index in [1.807, 2.05) is 36.1 Å². The highest BCUT2D eigenvalue weighted by Crippen LogP contribution is 2.35. The quantitative estimate of drug-likeness (QED) is 0.873. The van der Waals surface area contributed by atoms with Crippen molar-refractivity contribution in [2.24, 2.45) is 5.92 Å². The number of amides is 1. The predicted octanol–water partition coefficient (Wildman–Crippen LogP) is 3.06. The molecule has 2 aliphatic rings. The van der Waals surface area contributed by atoms with Crippen LogP contribution >= 0.6 is 0 Å². The number of aryl methyl sites for hydroxylation is 1. The Morgan fingerprint density at radius 3 is 2.82 bits per heavy atom. The topological polar surface area (TPSA) is 63.1 Å². The van der Waals surface area contributed by atoms with Crippen LogP contribution in [0.15, 0.2) is 30.6 Å². The summed E-state index contributed by atoms with van der Waals surface area (Å²) in [7, 11) is 0. The van der Waals surface area contributed by atoms with Crippen molar-refractivity contribution in [3.8, 4) is 0 Å². The third kappa shape index (κ3) is 3.86. The molecule has 1 saturated heterocycles. The first-order valence-electron chi connectivity index (χ1n) is 9.79. The Morgan fingerprint density at radius 1 is 1.32 bits per heavy atom. The number of hydrogen-bond donors (Lipinski definition) is 1. The lowest BCUT2D eigenvalue weighted by molar-refractivity contribution is -0.131. The first-order chi connectivity index (χ1) is 13.5. The Kier molecular flexibility index (Phi) is 5.28. The van der Waals surface area contributed by atoms with Crippen molar-refractivity contribution in [2.75, 3.05) is 18.4 Å². The summed E-state index contributed by atoms with van der Waals surface area (Å²) in [4.78, 5) is 18.6. The molecule has 1 fully saturated rings. The fourth-order valence-electron chi connectivity index (χ4n) is 4.36. The van der Waals surface area contributed by atoms with Crippen LogP contribution in [0.3, 0.4) is 0 Å². The first kappa shape index (κ1) is 18.8. The van der Waals surface area contributed by atoms with Crippen molar-refractivity contribution in [1.29, 1.82) is 0 Å². The molecular weight excluding hydrogens is 364 g/mol. The summed E-state index contributed by atoms with van der Waals surface area (Å²) in [5.74, 6) is 0.792. The highest BCUT2D eigenvalue weighted by atomic mass is 19.3. The molecule has 6 nitrogen and oxygen atoms in total. The summed E-state index contributed by atoms with van der Waals surface area (Å²) in [6.07, 6.45) is 1.19. The monoisotopic (exact) mass is 389 g/mol. The van der Waals surface area contributed by atoms with Crippen molar-refractivity contribution in [3.63, 3.8) is 0 Å². The highest BCUT2D eigenvalue weighted by Gasteiger charge is 2.38. The molecule has 1 aromatic carbocycles. The summed E-state index contributed by atoms with van der Waals surface area (Å²) in [6.45, 7) is 3.35. The summed E-state index contributed by atoms with van der Waals surface area (Å²) >= 11 is 0. The van der Waals surface area contributed by atoms with Gasteiger partial charge in [-0.05, 0) is 37.7 Å². The number of carbonyl (C=O) groups excluding carboxylic acids is 1. The van der Waals surface area contributed by atoms with Crippen LogP contribution in [0, 0.1) is 12.8 Å². The van der Waals surface area contributed by atoms with Gasteiger partial charge in [-0.25, -0.2) is 13.5 Å². The van der Waals surface area contributed by atoms with E-state index >= 15 is 0 Å². The van der Waals surface area contributed by atoms with Crippen molar-refractivity contribution in [3.05, 3.63) is 41.7 Å². The van der Waals surface area contributed by atoms with Crippen LogP contribution in [0.2, 0.25) is 0 Å². The fourth-order valence-corrected chi connectivity index (χ4v) is 4.36. The van der Waals surface area contributed by atoms with Crippen LogP contribution in [0.4, 0.5) is 14.7 Å². The number of likely N-dealkylation sites (tertiary alicyclic amines) is 1. The molecule has 1 aromatic heterocycles. The van der Waals surface area contributed by atoms with Crippen molar-refractivity contribution in [2.45, 2.75) is 51.1 Å². The van der Waals surface area contributed by atoms with Gasteiger partial charge in [-0.15, -0.1) is 0 Å². The lowest BCUT2D eigenvalue weighted by Gasteiger charge is -2.40. The molecule has 0 bridgehead atoms. The number of benzene rings is 1. The van der Waals surface area contributed by atoms with Gasteiger partial charge in [0.2, 0.25) is 11.9 Å². The minimum Gasteiger partial charge on any atom is -0.351 e. The normalized spacial score (nSPS) is 22.8. The van der Waals surface area contributed by atoms with E-state index in [-0.39, 0.29) is 17.9 Å². The van der Waals surface area contributed by atoms with Crippen molar-refractivity contribution >= 4 is 11.9 Å². The van der Waals surface area contributed by atoms with Gasteiger partial charge in [0, 0.05) is 19.1 Å². The first-order valence-corrected chi connectivity index (χ1v) is 9.79. The molecule has 0 aliphatic carbocycles. The van der Waals surface area contributed by atoms with E-state index in [9.17, 15) is 13.6 Å².